The Balaban J connectivity index is 1.60. The van der Waals surface area contributed by atoms with Gasteiger partial charge in [-0.05, 0) is 24.3 Å². The van der Waals surface area contributed by atoms with Crippen LogP contribution >= 0.6 is 11.6 Å². The highest BCUT2D eigenvalue weighted by molar-refractivity contribution is 6.33. The van der Waals surface area contributed by atoms with Gasteiger partial charge in [-0.2, -0.15) is 0 Å². The van der Waals surface area contributed by atoms with Gasteiger partial charge in [0, 0.05) is 26.2 Å². The van der Waals surface area contributed by atoms with Crippen molar-refractivity contribution in [3.63, 3.8) is 0 Å². The summed E-state index contributed by atoms with van der Waals surface area (Å²) in [5.74, 6) is 0.653. The number of hydrogen-bond acceptors (Lipinski definition) is 3. The molecule has 3 rings (SSSR count). The predicted molar refractivity (Wildman–Crippen MR) is 97.3 cm³/mol. The molecule has 0 aromatic heterocycles. The summed E-state index contributed by atoms with van der Waals surface area (Å²) < 4.78 is 5.27. The van der Waals surface area contributed by atoms with Crippen LogP contribution in [0.2, 0.25) is 5.02 Å². The minimum absolute atomic E-state index is 0.113. The van der Waals surface area contributed by atoms with Crippen molar-refractivity contribution in [2.24, 2.45) is 0 Å². The highest BCUT2D eigenvalue weighted by Crippen LogP contribution is 2.27. The van der Waals surface area contributed by atoms with E-state index in [2.05, 4.69) is 10.2 Å². The minimum atomic E-state index is -0.113. The maximum absolute atomic E-state index is 12.5. The molecule has 2 amide bonds. The van der Waals surface area contributed by atoms with Crippen LogP contribution < -0.4 is 15.0 Å². The largest absolute Gasteiger partial charge is 0.495 e. The number of piperazine rings is 1. The molecule has 0 unspecified atom stereocenters. The van der Waals surface area contributed by atoms with Gasteiger partial charge >= 0.3 is 6.03 Å². The number of benzene rings is 2. The topological polar surface area (TPSA) is 44.8 Å². The number of anilines is 2. The smallest absolute Gasteiger partial charge is 0.322 e. The van der Waals surface area contributed by atoms with Crippen molar-refractivity contribution in [2.45, 2.75) is 0 Å². The molecule has 5 nitrogen and oxygen atoms in total. The van der Waals surface area contributed by atoms with E-state index < -0.39 is 0 Å². The molecule has 1 fully saturated rings. The van der Waals surface area contributed by atoms with Crippen LogP contribution in [-0.2, 0) is 0 Å². The van der Waals surface area contributed by atoms with Crippen LogP contribution in [0.25, 0.3) is 0 Å². The Morgan fingerprint density at radius 1 is 1.04 bits per heavy atom. The van der Waals surface area contributed by atoms with Gasteiger partial charge in [0.2, 0.25) is 0 Å². The zero-order valence-corrected chi connectivity index (χ0v) is 14.3. The predicted octanol–water partition coefficient (Wildman–Crippen LogP) is 3.70. The Hall–Kier alpha value is -2.40. The van der Waals surface area contributed by atoms with E-state index in [1.54, 1.807) is 12.0 Å². The number of nitrogens with one attached hydrogen (secondary N) is 1. The lowest BCUT2D eigenvalue weighted by Gasteiger charge is -2.36. The van der Waals surface area contributed by atoms with Crippen LogP contribution in [0.3, 0.4) is 0 Å². The number of para-hydroxylation sites is 3. The Labute approximate surface area is 146 Å². The molecule has 126 valence electrons. The summed E-state index contributed by atoms with van der Waals surface area (Å²) >= 11 is 6.25. The molecule has 1 aliphatic rings. The van der Waals surface area contributed by atoms with E-state index in [-0.39, 0.29) is 6.03 Å². The second-order valence-corrected chi connectivity index (χ2v) is 5.96. The lowest BCUT2D eigenvalue weighted by Crippen LogP contribution is -2.50. The Bertz CT molecular complexity index is 715. The lowest BCUT2D eigenvalue weighted by molar-refractivity contribution is 0.208. The number of carbonyl (C=O) groups is 1. The van der Waals surface area contributed by atoms with E-state index in [1.165, 1.54) is 0 Å². The van der Waals surface area contributed by atoms with E-state index in [9.17, 15) is 4.79 Å². The third kappa shape index (κ3) is 3.57. The van der Waals surface area contributed by atoms with Gasteiger partial charge < -0.3 is 19.9 Å². The zero-order valence-electron chi connectivity index (χ0n) is 13.5. The SMILES string of the molecule is COc1ccccc1NC(=O)N1CCN(c2ccccc2Cl)CC1. The number of hydrogen-bond donors (Lipinski definition) is 1. The third-order valence-corrected chi connectivity index (χ3v) is 4.43. The highest BCUT2D eigenvalue weighted by Gasteiger charge is 2.22. The summed E-state index contributed by atoms with van der Waals surface area (Å²) in [5, 5.41) is 3.65. The molecule has 0 aliphatic carbocycles. The van der Waals surface area contributed by atoms with Crippen LogP contribution in [0.5, 0.6) is 5.75 Å². The Morgan fingerprint density at radius 2 is 1.71 bits per heavy atom. The van der Waals surface area contributed by atoms with Gasteiger partial charge in [0.15, 0.2) is 0 Å². The van der Waals surface area contributed by atoms with E-state index in [4.69, 9.17) is 16.3 Å². The number of carbonyl (C=O) groups excluding carboxylic acids is 1. The van der Waals surface area contributed by atoms with Gasteiger partial charge in [-0.1, -0.05) is 35.9 Å². The molecule has 24 heavy (non-hydrogen) atoms. The first-order chi connectivity index (χ1) is 11.7. The average Bonchev–Trinajstić information content (AvgIpc) is 2.63. The van der Waals surface area contributed by atoms with Crippen LogP contribution in [0, 0.1) is 0 Å². The van der Waals surface area contributed by atoms with E-state index >= 15 is 0 Å². The summed E-state index contributed by atoms with van der Waals surface area (Å²) in [4.78, 5) is 16.5. The number of nitrogens with zero attached hydrogens (tertiary/aromatic N) is 2. The van der Waals surface area contributed by atoms with Gasteiger partial charge in [0.1, 0.15) is 5.75 Å². The monoisotopic (exact) mass is 345 g/mol. The van der Waals surface area contributed by atoms with Crippen molar-refractivity contribution < 1.29 is 9.53 Å². The van der Waals surface area contributed by atoms with Crippen molar-refractivity contribution in [2.75, 3.05) is 43.5 Å². The molecule has 1 N–H and O–H groups in total. The fraction of sp³-hybridized carbons (Fsp3) is 0.278. The second kappa shape index (κ2) is 7.45. The van der Waals surface area contributed by atoms with Crippen molar-refractivity contribution in [3.8, 4) is 5.75 Å². The number of halogens is 1. The fourth-order valence-corrected chi connectivity index (χ4v) is 3.06. The second-order valence-electron chi connectivity index (χ2n) is 5.56. The molecule has 1 heterocycles. The lowest BCUT2D eigenvalue weighted by atomic mass is 10.2. The molecule has 1 aliphatic heterocycles. The maximum atomic E-state index is 12.5. The average molecular weight is 346 g/mol. The number of amides is 2. The molecule has 2 aromatic carbocycles. The molecule has 0 spiro atoms. The highest BCUT2D eigenvalue weighted by atomic mass is 35.5. The first-order valence-corrected chi connectivity index (χ1v) is 8.25. The van der Waals surface area contributed by atoms with Crippen LogP contribution in [0.4, 0.5) is 16.2 Å². The Morgan fingerprint density at radius 3 is 2.42 bits per heavy atom. The van der Waals surface area contributed by atoms with E-state index in [0.29, 0.717) is 24.5 Å². The minimum Gasteiger partial charge on any atom is -0.495 e. The number of ether oxygens (including phenoxy) is 1. The molecule has 6 heteroatoms. The third-order valence-electron chi connectivity index (χ3n) is 4.11. The molecule has 0 atom stereocenters. The van der Waals surface area contributed by atoms with Gasteiger partial charge in [0.25, 0.3) is 0 Å². The van der Waals surface area contributed by atoms with Crippen LogP contribution in [0.1, 0.15) is 0 Å². The van der Waals surface area contributed by atoms with Gasteiger partial charge in [-0.3, -0.25) is 0 Å². The summed E-state index contributed by atoms with van der Waals surface area (Å²) in [7, 11) is 1.59. The van der Waals surface area contributed by atoms with Gasteiger partial charge in [0.05, 0.1) is 23.5 Å². The van der Waals surface area contributed by atoms with Crippen LogP contribution in [-0.4, -0.2) is 44.2 Å². The molecule has 2 aromatic rings. The van der Waals surface area contributed by atoms with Gasteiger partial charge in [-0.25, -0.2) is 4.79 Å². The van der Waals surface area contributed by atoms with Crippen LogP contribution in [0.15, 0.2) is 48.5 Å². The number of rotatable bonds is 3. The molecule has 0 bridgehead atoms. The molecule has 0 radical (unpaired) electrons. The van der Waals surface area contributed by atoms with Crippen molar-refractivity contribution >= 4 is 29.0 Å². The molecule has 0 saturated carbocycles. The number of urea groups is 1. The quantitative estimate of drug-likeness (QED) is 0.922. The standard InChI is InChI=1S/C18H20ClN3O2/c1-24-17-9-5-3-7-15(17)20-18(23)22-12-10-21(11-13-22)16-8-4-2-6-14(16)19/h2-9H,10-13H2,1H3,(H,20,23). The van der Waals surface area contributed by atoms with Crippen molar-refractivity contribution in [3.05, 3.63) is 53.6 Å². The summed E-state index contributed by atoms with van der Waals surface area (Å²) in [6.07, 6.45) is 0. The fourth-order valence-electron chi connectivity index (χ4n) is 2.80. The van der Waals surface area contributed by atoms with E-state index in [1.807, 2.05) is 48.5 Å². The first-order valence-electron chi connectivity index (χ1n) is 7.87. The van der Waals surface area contributed by atoms with E-state index in [0.717, 1.165) is 23.8 Å². The molecule has 1 saturated heterocycles. The summed E-state index contributed by atoms with van der Waals surface area (Å²) in [5.41, 5.74) is 1.70. The van der Waals surface area contributed by atoms with Gasteiger partial charge in [-0.15, -0.1) is 0 Å². The van der Waals surface area contributed by atoms with Crippen molar-refractivity contribution in [1.29, 1.82) is 0 Å². The molecular weight excluding hydrogens is 326 g/mol. The number of methoxy groups -OCH3 is 1. The summed E-state index contributed by atoms with van der Waals surface area (Å²) in [6, 6.07) is 15.1. The molecular formula is C18H20ClN3O2. The zero-order chi connectivity index (χ0) is 16.9. The Kier molecular flexibility index (Phi) is 5.11. The maximum Gasteiger partial charge on any atom is 0.322 e. The van der Waals surface area contributed by atoms with Crippen molar-refractivity contribution in [1.82, 2.24) is 4.90 Å². The first kappa shape index (κ1) is 16.5. The normalized spacial score (nSPS) is 14.4. The summed E-state index contributed by atoms with van der Waals surface area (Å²) in [6.45, 7) is 2.80.